The lowest BCUT2D eigenvalue weighted by atomic mass is 10.00. The third kappa shape index (κ3) is 2.50. The van der Waals surface area contributed by atoms with Crippen LogP contribution in [0.15, 0.2) is 42.6 Å². The predicted molar refractivity (Wildman–Crippen MR) is 66.3 cm³/mol. The maximum atomic E-state index is 12.4. The highest BCUT2D eigenvalue weighted by atomic mass is 19.1. The number of hydrogen-bond acceptors (Lipinski definition) is 2. The van der Waals surface area contributed by atoms with Crippen LogP contribution in [-0.4, -0.2) is 4.98 Å². The Balaban J connectivity index is 2.30. The molecule has 0 aliphatic rings. The maximum absolute atomic E-state index is 12.4. The first-order valence-electron chi connectivity index (χ1n) is 5.54. The van der Waals surface area contributed by atoms with Gasteiger partial charge in [0.25, 0.3) is 0 Å². The molecule has 0 amide bonds. The van der Waals surface area contributed by atoms with Crippen molar-refractivity contribution in [2.45, 2.75) is 19.6 Å². The molecule has 17 heavy (non-hydrogen) atoms. The molecule has 1 aromatic heterocycles. The Morgan fingerprint density at radius 2 is 1.94 bits per heavy atom. The summed E-state index contributed by atoms with van der Waals surface area (Å²) in [7, 11) is 0. The average molecular weight is 230 g/mol. The first-order valence-corrected chi connectivity index (χ1v) is 5.54. The fourth-order valence-electron chi connectivity index (χ4n) is 1.80. The largest absolute Gasteiger partial charge is 0.319 e. The Kier molecular flexibility index (Phi) is 3.49. The highest BCUT2D eigenvalue weighted by molar-refractivity contribution is 5.33. The Bertz CT molecular complexity index is 494. The molecule has 0 saturated carbocycles. The van der Waals surface area contributed by atoms with Gasteiger partial charge in [-0.3, -0.25) is 4.98 Å². The van der Waals surface area contributed by atoms with Gasteiger partial charge in [0, 0.05) is 6.20 Å². The second-order valence-corrected chi connectivity index (χ2v) is 4.06. The summed E-state index contributed by atoms with van der Waals surface area (Å²) in [6.45, 7) is 1.54. The van der Waals surface area contributed by atoms with Crippen molar-refractivity contribution in [2.24, 2.45) is 5.73 Å². The van der Waals surface area contributed by atoms with Crippen molar-refractivity contribution in [1.82, 2.24) is 4.98 Å². The first kappa shape index (κ1) is 11.7. The van der Waals surface area contributed by atoms with Gasteiger partial charge in [-0.2, -0.15) is 0 Å². The molecule has 2 nitrogen and oxygen atoms in total. The fraction of sp³-hybridized carbons (Fsp3) is 0.214. The molecule has 0 spiro atoms. The molecule has 2 aromatic rings. The van der Waals surface area contributed by atoms with E-state index in [1.165, 1.54) is 0 Å². The molecule has 2 N–H and O–H groups in total. The number of halogens is 1. The van der Waals surface area contributed by atoms with Crippen LogP contribution in [0.5, 0.6) is 0 Å². The monoisotopic (exact) mass is 230 g/mol. The van der Waals surface area contributed by atoms with Crippen LogP contribution in [0.25, 0.3) is 0 Å². The normalized spacial score (nSPS) is 12.4. The van der Waals surface area contributed by atoms with E-state index in [9.17, 15) is 4.39 Å². The highest BCUT2D eigenvalue weighted by Gasteiger charge is 2.12. The number of benzene rings is 1. The van der Waals surface area contributed by atoms with Crippen LogP contribution in [0, 0.1) is 6.92 Å². The number of alkyl halides is 1. The second kappa shape index (κ2) is 5.06. The molecule has 88 valence electrons. The van der Waals surface area contributed by atoms with Gasteiger partial charge in [0.05, 0.1) is 11.7 Å². The lowest BCUT2D eigenvalue weighted by molar-refractivity contribution is 0.485. The molecule has 0 bridgehead atoms. The van der Waals surface area contributed by atoms with Gasteiger partial charge >= 0.3 is 0 Å². The fourth-order valence-corrected chi connectivity index (χ4v) is 1.80. The summed E-state index contributed by atoms with van der Waals surface area (Å²) in [5, 5.41) is 0. The van der Waals surface area contributed by atoms with Crippen LogP contribution in [0.4, 0.5) is 4.39 Å². The maximum Gasteiger partial charge on any atom is 0.115 e. The Labute approximate surface area is 100 Å². The number of nitrogens with zero attached hydrogens (tertiary/aromatic N) is 1. The van der Waals surface area contributed by atoms with E-state index < -0.39 is 6.67 Å². The van der Waals surface area contributed by atoms with Crippen molar-refractivity contribution in [3.05, 3.63) is 65.0 Å². The summed E-state index contributed by atoms with van der Waals surface area (Å²) in [6.07, 6.45) is 1.73. The molecule has 1 atom stereocenters. The minimum atomic E-state index is -0.446. The van der Waals surface area contributed by atoms with E-state index in [1.807, 2.05) is 31.2 Å². The molecule has 0 aliphatic heterocycles. The summed E-state index contributed by atoms with van der Waals surface area (Å²) in [6, 6.07) is 10.8. The van der Waals surface area contributed by atoms with Crippen LogP contribution in [0.1, 0.15) is 28.4 Å². The van der Waals surface area contributed by atoms with E-state index in [4.69, 9.17) is 5.73 Å². The lowest BCUT2D eigenvalue weighted by Crippen LogP contribution is -2.14. The van der Waals surface area contributed by atoms with Crippen molar-refractivity contribution < 1.29 is 4.39 Å². The minimum absolute atomic E-state index is 0.259. The van der Waals surface area contributed by atoms with Crippen LogP contribution in [-0.2, 0) is 6.67 Å². The average Bonchev–Trinajstić information content (AvgIpc) is 2.39. The van der Waals surface area contributed by atoms with Crippen molar-refractivity contribution in [3.63, 3.8) is 0 Å². The zero-order valence-corrected chi connectivity index (χ0v) is 9.73. The molecular formula is C14H15FN2. The van der Waals surface area contributed by atoms with Gasteiger partial charge in [0.15, 0.2) is 0 Å². The molecule has 0 unspecified atom stereocenters. The number of nitrogens with two attached hydrogens (primary N) is 1. The number of pyridine rings is 1. The lowest BCUT2D eigenvalue weighted by Gasteiger charge is -2.14. The number of rotatable bonds is 3. The molecule has 0 saturated heterocycles. The molecule has 1 heterocycles. The van der Waals surface area contributed by atoms with E-state index >= 15 is 0 Å². The van der Waals surface area contributed by atoms with Gasteiger partial charge < -0.3 is 5.73 Å². The van der Waals surface area contributed by atoms with E-state index in [-0.39, 0.29) is 6.04 Å². The van der Waals surface area contributed by atoms with Crippen LogP contribution >= 0.6 is 0 Å². The quantitative estimate of drug-likeness (QED) is 0.880. The van der Waals surface area contributed by atoms with Crippen LogP contribution in [0.2, 0.25) is 0 Å². The molecule has 2 rings (SSSR count). The zero-order valence-electron chi connectivity index (χ0n) is 9.73. The second-order valence-electron chi connectivity index (χ2n) is 4.06. The van der Waals surface area contributed by atoms with Crippen LogP contribution < -0.4 is 5.73 Å². The summed E-state index contributed by atoms with van der Waals surface area (Å²) in [4.78, 5) is 4.30. The van der Waals surface area contributed by atoms with Gasteiger partial charge in [-0.15, -0.1) is 0 Å². The Morgan fingerprint density at radius 3 is 2.53 bits per heavy atom. The van der Waals surface area contributed by atoms with Gasteiger partial charge in [-0.25, -0.2) is 4.39 Å². The Hall–Kier alpha value is -1.74. The summed E-state index contributed by atoms with van der Waals surface area (Å²) < 4.78 is 12.4. The number of hydrogen-bond donors (Lipinski definition) is 1. The molecule has 3 heteroatoms. The smallest absolute Gasteiger partial charge is 0.115 e. The van der Waals surface area contributed by atoms with Crippen molar-refractivity contribution in [1.29, 1.82) is 0 Å². The standard InChI is InChI=1S/C14H15FN2/c1-10-3-2-8-17-14(10)13(16)12-6-4-11(9-15)5-7-12/h2-8,13H,9,16H2,1H3/t13-/m0/s1. The van der Waals surface area contributed by atoms with Crippen molar-refractivity contribution in [3.8, 4) is 0 Å². The van der Waals surface area contributed by atoms with E-state index in [0.29, 0.717) is 5.56 Å². The summed E-state index contributed by atoms with van der Waals surface area (Å²) in [5.41, 5.74) is 9.69. The molecule has 1 aromatic carbocycles. The minimum Gasteiger partial charge on any atom is -0.319 e. The third-order valence-electron chi connectivity index (χ3n) is 2.84. The van der Waals surface area contributed by atoms with Gasteiger partial charge in [-0.1, -0.05) is 30.3 Å². The van der Waals surface area contributed by atoms with E-state index in [0.717, 1.165) is 16.8 Å². The molecule has 0 aliphatic carbocycles. The van der Waals surface area contributed by atoms with Crippen molar-refractivity contribution in [2.75, 3.05) is 0 Å². The highest BCUT2D eigenvalue weighted by Crippen LogP contribution is 2.20. The zero-order chi connectivity index (χ0) is 12.3. The number of aromatic nitrogens is 1. The first-order chi connectivity index (χ1) is 8.22. The Morgan fingerprint density at radius 1 is 1.24 bits per heavy atom. The van der Waals surface area contributed by atoms with E-state index in [2.05, 4.69) is 4.98 Å². The third-order valence-corrected chi connectivity index (χ3v) is 2.84. The number of aryl methyl sites for hydroxylation is 1. The summed E-state index contributed by atoms with van der Waals surface area (Å²) in [5.74, 6) is 0. The molecular weight excluding hydrogens is 215 g/mol. The van der Waals surface area contributed by atoms with E-state index in [1.54, 1.807) is 18.3 Å². The van der Waals surface area contributed by atoms with Crippen molar-refractivity contribution >= 4 is 0 Å². The molecule has 0 fully saturated rings. The van der Waals surface area contributed by atoms with Crippen LogP contribution in [0.3, 0.4) is 0 Å². The van der Waals surface area contributed by atoms with Gasteiger partial charge in [-0.05, 0) is 29.7 Å². The SMILES string of the molecule is Cc1cccnc1[C@@H](N)c1ccc(CF)cc1. The van der Waals surface area contributed by atoms with Gasteiger partial charge in [0.1, 0.15) is 6.67 Å². The summed E-state index contributed by atoms with van der Waals surface area (Å²) >= 11 is 0. The topological polar surface area (TPSA) is 38.9 Å². The van der Waals surface area contributed by atoms with Gasteiger partial charge in [0.2, 0.25) is 0 Å². The molecule has 0 radical (unpaired) electrons. The predicted octanol–water partition coefficient (Wildman–Crippen LogP) is 2.91.